The van der Waals surface area contributed by atoms with E-state index in [0.29, 0.717) is 20.6 Å². The van der Waals surface area contributed by atoms with Crippen molar-refractivity contribution < 1.29 is 9.53 Å². The fourth-order valence-corrected chi connectivity index (χ4v) is 4.71. The van der Waals surface area contributed by atoms with Crippen molar-refractivity contribution in [3.8, 4) is 0 Å². The van der Waals surface area contributed by atoms with Crippen molar-refractivity contribution in [2.24, 2.45) is 4.99 Å². The zero-order valence-electron chi connectivity index (χ0n) is 17.8. The summed E-state index contributed by atoms with van der Waals surface area (Å²) >= 11 is 1.32. The number of anilines is 1. The first-order valence-electron chi connectivity index (χ1n) is 9.84. The Kier molecular flexibility index (Phi) is 5.61. The van der Waals surface area contributed by atoms with Gasteiger partial charge in [0.2, 0.25) is 0 Å². The number of ether oxygens (including phenoxy) is 1. The van der Waals surface area contributed by atoms with Gasteiger partial charge in [-0.1, -0.05) is 53.8 Å². The zero-order chi connectivity index (χ0) is 22.1. The van der Waals surface area contributed by atoms with E-state index in [0.717, 1.165) is 16.8 Å². The normalized spacial score (nSPS) is 16.0. The van der Waals surface area contributed by atoms with E-state index in [-0.39, 0.29) is 5.56 Å². The van der Waals surface area contributed by atoms with Gasteiger partial charge in [-0.25, -0.2) is 9.79 Å². The minimum atomic E-state index is -0.580. The van der Waals surface area contributed by atoms with Crippen LogP contribution in [0.25, 0.3) is 6.08 Å². The molecule has 0 saturated heterocycles. The number of thiazole rings is 1. The van der Waals surface area contributed by atoms with Crippen molar-refractivity contribution in [3.63, 3.8) is 0 Å². The predicted octanol–water partition coefficient (Wildman–Crippen LogP) is 2.47. The number of carbonyl (C=O) groups is 1. The Hall–Kier alpha value is -3.45. The molecular weight excluding hydrogens is 410 g/mol. The Morgan fingerprint density at radius 3 is 2.42 bits per heavy atom. The molecule has 158 valence electrons. The van der Waals surface area contributed by atoms with Crippen molar-refractivity contribution in [3.05, 3.63) is 96.7 Å². The lowest BCUT2D eigenvalue weighted by atomic mass is 9.96. The molecule has 31 heavy (non-hydrogen) atoms. The van der Waals surface area contributed by atoms with Crippen LogP contribution in [0.15, 0.2) is 75.7 Å². The second kappa shape index (κ2) is 8.35. The lowest BCUT2D eigenvalue weighted by Gasteiger charge is -2.24. The number of fused-ring (bicyclic) bond motifs is 1. The van der Waals surface area contributed by atoms with Crippen LogP contribution >= 0.6 is 11.3 Å². The third-order valence-electron chi connectivity index (χ3n) is 5.25. The van der Waals surface area contributed by atoms with Crippen molar-refractivity contribution in [1.82, 2.24) is 4.57 Å². The van der Waals surface area contributed by atoms with E-state index < -0.39 is 12.0 Å². The number of methoxy groups -OCH3 is 1. The summed E-state index contributed by atoms with van der Waals surface area (Å²) in [7, 11) is 5.31. The number of carbonyl (C=O) groups excluding carboxylic acids is 1. The molecule has 0 fully saturated rings. The molecule has 2 aromatic carbocycles. The average Bonchev–Trinajstić information content (AvgIpc) is 3.07. The molecule has 2 heterocycles. The van der Waals surface area contributed by atoms with Gasteiger partial charge < -0.3 is 9.64 Å². The highest BCUT2D eigenvalue weighted by molar-refractivity contribution is 7.07. The third-order valence-corrected chi connectivity index (χ3v) is 6.23. The number of benzene rings is 2. The molecule has 4 rings (SSSR count). The molecule has 0 bridgehead atoms. The second-order valence-corrected chi connectivity index (χ2v) is 8.48. The van der Waals surface area contributed by atoms with E-state index in [1.54, 1.807) is 11.5 Å². The first kappa shape index (κ1) is 20.8. The Morgan fingerprint density at radius 1 is 1.13 bits per heavy atom. The number of rotatable bonds is 4. The second-order valence-electron chi connectivity index (χ2n) is 7.47. The van der Waals surface area contributed by atoms with Crippen LogP contribution in [0.5, 0.6) is 0 Å². The number of hydrogen-bond donors (Lipinski definition) is 0. The Labute approximate surface area is 184 Å². The van der Waals surface area contributed by atoms with E-state index >= 15 is 0 Å². The predicted molar refractivity (Wildman–Crippen MR) is 123 cm³/mol. The van der Waals surface area contributed by atoms with Crippen molar-refractivity contribution >= 4 is 29.1 Å². The van der Waals surface area contributed by atoms with Gasteiger partial charge in [-0.2, -0.15) is 0 Å². The molecule has 0 saturated carbocycles. The van der Waals surface area contributed by atoms with Crippen molar-refractivity contribution in [2.75, 3.05) is 26.1 Å². The maximum atomic E-state index is 13.4. The van der Waals surface area contributed by atoms with E-state index in [9.17, 15) is 9.59 Å². The molecular formula is C24H23N3O3S. The van der Waals surface area contributed by atoms with E-state index in [4.69, 9.17) is 4.74 Å². The fraction of sp³-hybridized carbons (Fsp3) is 0.208. The average molecular weight is 434 g/mol. The van der Waals surface area contributed by atoms with E-state index in [1.807, 2.05) is 79.7 Å². The Balaban J connectivity index is 1.91. The zero-order valence-corrected chi connectivity index (χ0v) is 18.6. The highest BCUT2D eigenvalue weighted by Gasteiger charge is 2.32. The van der Waals surface area contributed by atoms with Crippen LogP contribution in [0.4, 0.5) is 5.69 Å². The highest BCUT2D eigenvalue weighted by Crippen LogP contribution is 2.30. The SMILES string of the molecule is COC(=O)C1=C(C)N=c2s/c(=C/c3ccc(N(C)C)cc3)c(=O)n2[C@H]1c1ccccc1. The molecule has 1 atom stereocenters. The van der Waals surface area contributed by atoms with Gasteiger partial charge in [-0.3, -0.25) is 9.36 Å². The summed E-state index contributed by atoms with van der Waals surface area (Å²) < 4.78 is 7.18. The van der Waals surface area contributed by atoms with Gasteiger partial charge in [-0.15, -0.1) is 0 Å². The summed E-state index contributed by atoms with van der Waals surface area (Å²) in [6.07, 6.45) is 1.86. The molecule has 0 aliphatic carbocycles. The van der Waals surface area contributed by atoms with Gasteiger partial charge in [0.25, 0.3) is 5.56 Å². The maximum Gasteiger partial charge on any atom is 0.338 e. The number of allylic oxidation sites excluding steroid dienone is 1. The number of aromatic nitrogens is 1. The first-order valence-corrected chi connectivity index (χ1v) is 10.7. The van der Waals surface area contributed by atoms with E-state index in [1.165, 1.54) is 18.4 Å². The quantitative estimate of drug-likeness (QED) is 0.593. The minimum Gasteiger partial charge on any atom is -0.466 e. The maximum absolute atomic E-state index is 13.4. The van der Waals surface area contributed by atoms with Crippen LogP contribution in [-0.2, 0) is 9.53 Å². The van der Waals surface area contributed by atoms with Gasteiger partial charge in [0.05, 0.1) is 29.0 Å². The largest absolute Gasteiger partial charge is 0.466 e. The number of esters is 1. The van der Waals surface area contributed by atoms with Crippen LogP contribution in [-0.4, -0.2) is 31.7 Å². The molecule has 0 unspecified atom stereocenters. The molecule has 0 radical (unpaired) electrons. The molecule has 7 heteroatoms. The summed E-state index contributed by atoms with van der Waals surface area (Å²) in [6, 6.07) is 16.9. The topological polar surface area (TPSA) is 63.9 Å². The highest BCUT2D eigenvalue weighted by atomic mass is 32.1. The summed E-state index contributed by atoms with van der Waals surface area (Å²) in [5.41, 5.74) is 3.60. The van der Waals surface area contributed by atoms with Gasteiger partial charge in [0.1, 0.15) is 0 Å². The lowest BCUT2D eigenvalue weighted by Crippen LogP contribution is -2.39. The monoisotopic (exact) mass is 433 g/mol. The summed E-state index contributed by atoms with van der Waals surface area (Å²) in [6.45, 7) is 1.78. The molecule has 3 aromatic rings. The minimum absolute atomic E-state index is 0.178. The van der Waals surface area contributed by atoms with Crippen LogP contribution in [0.1, 0.15) is 24.1 Å². The van der Waals surface area contributed by atoms with E-state index in [2.05, 4.69) is 4.99 Å². The lowest BCUT2D eigenvalue weighted by molar-refractivity contribution is -0.136. The third kappa shape index (κ3) is 3.84. The molecule has 1 aliphatic rings. The van der Waals surface area contributed by atoms with Crippen molar-refractivity contribution in [2.45, 2.75) is 13.0 Å². The van der Waals surface area contributed by atoms with Crippen LogP contribution in [0.2, 0.25) is 0 Å². The van der Waals surface area contributed by atoms with Gasteiger partial charge in [-0.05, 0) is 36.3 Å². The first-order chi connectivity index (χ1) is 14.9. The molecule has 0 amide bonds. The standard InChI is InChI=1S/C24H23N3O3S/c1-15-20(23(29)30-4)21(17-8-6-5-7-9-17)27-22(28)19(31-24(27)25-15)14-16-10-12-18(13-11-16)26(2)3/h5-14,21H,1-4H3/b19-14+/t21-/m0/s1. The van der Waals surface area contributed by atoms with Crippen LogP contribution < -0.4 is 19.8 Å². The number of nitrogens with zero attached hydrogens (tertiary/aromatic N) is 3. The van der Waals surface area contributed by atoms with Crippen molar-refractivity contribution in [1.29, 1.82) is 0 Å². The Morgan fingerprint density at radius 2 is 1.81 bits per heavy atom. The molecule has 0 spiro atoms. The van der Waals surface area contributed by atoms with Gasteiger partial charge in [0.15, 0.2) is 4.80 Å². The molecule has 1 aliphatic heterocycles. The fourth-order valence-electron chi connectivity index (χ4n) is 3.66. The van der Waals surface area contributed by atoms with Gasteiger partial charge >= 0.3 is 5.97 Å². The van der Waals surface area contributed by atoms with Gasteiger partial charge in [0, 0.05) is 19.8 Å². The smallest absolute Gasteiger partial charge is 0.338 e. The molecule has 0 N–H and O–H groups in total. The Bertz CT molecular complexity index is 1330. The summed E-state index contributed by atoms with van der Waals surface area (Å²) in [4.78, 5) is 33.2. The van der Waals surface area contributed by atoms with Crippen LogP contribution in [0.3, 0.4) is 0 Å². The summed E-state index contributed by atoms with van der Waals surface area (Å²) in [5.74, 6) is -0.483. The molecule has 6 nitrogen and oxygen atoms in total. The molecule has 1 aromatic heterocycles. The summed E-state index contributed by atoms with van der Waals surface area (Å²) in [5, 5.41) is 0. The van der Waals surface area contributed by atoms with Crippen LogP contribution in [0, 0.1) is 0 Å². The number of hydrogen-bond acceptors (Lipinski definition) is 6.